The second-order valence-corrected chi connectivity index (χ2v) is 6.34. The van der Waals surface area contributed by atoms with Gasteiger partial charge in [-0.1, -0.05) is 6.92 Å². The maximum absolute atomic E-state index is 11.7. The topological polar surface area (TPSA) is 35.6 Å². The van der Waals surface area contributed by atoms with Crippen LogP contribution in [0.5, 0.6) is 0 Å². The van der Waals surface area contributed by atoms with E-state index in [0.717, 1.165) is 51.1 Å². The van der Waals surface area contributed by atoms with E-state index in [2.05, 4.69) is 22.0 Å². The van der Waals surface area contributed by atoms with Crippen LogP contribution in [0.1, 0.15) is 45.4 Å². The van der Waals surface area contributed by atoms with Crippen molar-refractivity contribution in [2.45, 2.75) is 63.6 Å². The second kappa shape index (κ2) is 5.80. The van der Waals surface area contributed by atoms with Crippen molar-refractivity contribution in [3.63, 3.8) is 0 Å². The fraction of sp³-hybridized carbons (Fsp3) is 0.933. The monoisotopic (exact) mass is 265 g/mol. The predicted molar refractivity (Wildman–Crippen MR) is 76.0 cm³/mol. The van der Waals surface area contributed by atoms with E-state index >= 15 is 0 Å². The molecule has 3 rings (SSSR count). The number of rotatable bonds is 3. The molecule has 2 heterocycles. The number of nitrogens with one attached hydrogen (secondary N) is 1. The van der Waals surface area contributed by atoms with Gasteiger partial charge in [-0.25, -0.2) is 0 Å². The van der Waals surface area contributed by atoms with Crippen LogP contribution in [0.2, 0.25) is 0 Å². The molecule has 19 heavy (non-hydrogen) atoms. The molecule has 1 N–H and O–H groups in total. The minimum absolute atomic E-state index is 0.389. The molecule has 0 bridgehead atoms. The summed E-state index contributed by atoms with van der Waals surface area (Å²) in [6, 6.07) is 2.04. The zero-order valence-electron chi connectivity index (χ0n) is 12.1. The first-order valence-electron chi connectivity index (χ1n) is 8.05. The van der Waals surface area contributed by atoms with E-state index in [4.69, 9.17) is 0 Å². The molecule has 1 unspecified atom stereocenters. The first-order chi connectivity index (χ1) is 9.28. The maximum Gasteiger partial charge on any atom is 0.222 e. The number of carbonyl (C=O) groups excluding carboxylic acids is 1. The highest BCUT2D eigenvalue weighted by Crippen LogP contribution is 2.28. The molecule has 1 aliphatic carbocycles. The number of amides is 1. The van der Waals surface area contributed by atoms with E-state index in [1.807, 2.05) is 0 Å². The summed E-state index contributed by atoms with van der Waals surface area (Å²) in [4.78, 5) is 16.5. The van der Waals surface area contributed by atoms with E-state index in [0.29, 0.717) is 11.9 Å². The summed E-state index contributed by atoms with van der Waals surface area (Å²) in [5, 5.41) is 3.58. The van der Waals surface area contributed by atoms with Gasteiger partial charge in [-0.2, -0.15) is 0 Å². The lowest BCUT2D eigenvalue weighted by molar-refractivity contribution is -0.131. The van der Waals surface area contributed by atoms with E-state index in [-0.39, 0.29) is 0 Å². The smallest absolute Gasteiger partial charge is 0.222 e. The Kier molecular flexibility index (Phi) is 4.08. The SMILES string of the molecule is CCNC1CCC(N2CCN3C(=O)CCC3C2)CC1. The Morgan fingerprint density at radius 3 is 2.63 bits per heavy atom. The zero-order valence-corrected chi connectivity index (χ0v) is 12.1. The lowest BCUT2D eigenvalue weighted by Crippen LogP contribution is -2.55. The Hall–Kier alpha value is -0.610. The molecule has 1 saturated carbocycles. The zero-order chi connectivity index (χ0) is 13.2. The Morgan fingerprint density at radius 2 is 1.89 bits per heavy atom. The largest absolute Gasteiger partial charge is 0.337 e. The Labute approximate surface area is 116 Å². The van der Waals surface area contributed by atoms with Gasteiger partial charge in [0.05, 0.1) is 0 Å². The molecule has 1 amide bonds. The number of hydrogen-bond acceptors (Lipinski definition) is 3. The van der Waals surface area contributed by atoms with Gasteiger partial charge in [-0.05, 0) is 38.6 Å². The molecular formula is C15H27N3O. The van der Waals surface area contributed by atoms with Crippen LogP contribution in [0, 0.1) is 0 Å². The molecule has 2 saturated heterocycles. The molecule has 3 aliphatic rings. The average Bonchev–Trinajstić information content (AvgIpc) is 2.81. The standard InChI is InChI=1S/C15H27N3O/c1-2-16-12-3-5-13(6-4-12)17-9-10-18-14(11-17)7-8-15(18)19/h12-14,16H,2-11H2,1H3. The fourth-order valence-electron chi connectivity index (χ4n) is 4.15. The van der Waals surface area contributed by atoms with Gasteiger partial charge in [0.25, 0.3) is 0 Å². The van der Waals surface area contributed by atoms with Crippen LogP contribution in [-0.4, -0.2) is 60.0 Å². The van der Waals surface area contributed by atoms with Crippen LogP contribution in [0.15, 0.2) is 0 Å². The average molecular weight is 265 g/mol. The summed E-state index contributed by atoms with van der Waals surface area (Å²) in [6.07, 6.45) is 7.18. The third-order valence-electron chi connectivity index (χ3n) is 5.23. The predicted octanol–water partition coefficient (Wildman–Crippen LogP) is 1.21. The van der Waals surface area contributed by atoms with E-state index in [1.54, 1.807) is 0 Å². The van der Waals surface area contributed by atoms with Gasteiger partial charge >= 0.3 is 0 Å². The van der Waals surface area contributed by atoms with Crippen molar-refractivity contribution in [3.8, 4) is 0 Å². The first kappa shape index (κ1) is 13.4. The van der Waals surface area contributed by atoms with Gasteiger partial charge in [0, 0.05) is 44.2 Å². The molecule has 0 aromatic rings. The molecule has 0 aromatic carbocycles. The second-order valence-electron chi connectivity index (χ2n) is 6.34. The molecule has 1 atom stereocenters. The molecule has 2 aliphatic heterocycles. The highest BCUT2D eigenvalue weighted by molar-refractivity contribution is 5.78. The summed E-state index contributed by atoms with van der Waals surface area (Å²) in [5.41, 5.74) is 0. The molecule has 0 aromatic heterocycles. The van der Waals surface area contributed by atoms with Crippen molar-refractivity contribution in [3.05, 3.63) is 0 Å². The molecule has 0 spiro atoms. The van der Waals surface area contributed by atoms with Gasteiger partial charge in [-0.3, -0.25) is 9.69 Å². The van der Waals surface area contributed by atoms with Crippen molar-refractivity contribution in [1.29, 1.82) is 0 Å². The lowest BCUT2D eigenvalue weighted by Gasteiger charge is -2.44. The van der Waals surface area contributed by atoms with Gasteiger partial charge in [0.1, 0.15) is 0 Å². The summed E-state index contributed by atoms with van der Waals surface area (Å²) >= 11 is 0. The summed E-state index contributed by atoms with van der Waals surface area (Å²) in [7, 11) is 0. The number of piperazine rings is 1. The van der Waals surface area contributed by atoms with Crippen LogP contribution < -0.4 is 5.32 Å². The van der Waals surface area contributed by atoms with E-state index in [9.17, 15) is 4.79 Å². The third kappa shape index (κ3) is 2.79. The van der Waals surface area contributed by atoms with Crippen molar-refractivity contribution < 1.29 is 4.79 Å². The van der Waals surface area contributed by atoms with Gasteiger partial charge < -0.3 is 10.2 Å². The fourth-order valence-corrected chi connectivity index (χ4v) is 4.15. The molecule has 4 heteroatoms. The Bertz CT molecular complexity index is 325. The van der Waals surface area contributed by atoms with Crippen molar-refractivity contribution in [1.82, 2.24) is 15.1 Å². The van der Waals surface area contributed by atoms with Crippen LogP contribution in [0.25, 0.3) is 0 Å². The van der Waals surface area contributed by atoms with Crippen LogP contribution in [0.4, 0.5) is 0 Å². The summed E-state index contributed by atoms with van der Waals surface area (Å²) in [5.74, 6) is 0.389. The molecular weight excluding hydrogens is 238 g/mol. The highest BCUT2D eigenvalue weighted by atomic mass is 16.2. The van der Waals surface area contributed by atoms with Crippen LogP contribution >= 0.6 is 0 Å². The molecule has 0 radical (unpaired) electrons. The minimum atomic E-state index is 0.389. The first-order valence-corrected chi connectivity index (χ1v) is 8.05. The van der Waals surface area contributed by atoms with Gasteiger partial charge in [-0.15, -0.1) is 0 Å². The van der Waals surface area contributed by atoms with Crippen molar-refractivity contribution >= 4 is 5.91 Å². The lowest BCUT2D eigenvalue weighted by atomic mass is 9.89. The number of hydrogen-bond donors (Lipinski definition) is 1. The Balaban J connectivity index is 1.50. The quantitative estimate of drug-likeness (QED) is 0.833. The van der Waals surface area contributed by atoms with Crippen molar-refractivity contribution in [2.75, 3.05) is 26.2 Å². The van der Waals surface area contributed by atoms with Gasteiger partial charge in [0.2, 0.25) is 5.91 Å². The van der Waals surface area contributed by atoms with E-state index in [1.165, 1.54) is 25.7 Å². The molecule has 108 valence electrons. The van der Waals surface area contributed by atoms with Crippen LogP contribution in [0.3, 0.4) is 0 Å². The normalized spacial score (nSPS) is 36.6. The summed E-state index contributed by atoms with van der Waals surface area (Å²) < 4.78 is 0. The third-order valence-corrected chi connectivity index (χ3v) is 5.23. The highest BCUT2D eigenvalue weighted by Gasteiger charge is 2.38. The van der Waals surface area contributed by atoms with Gasteiger partial charge in [0.15, 0.2) is 0 Å². The van der Waals surface area contributed by atoms with Crippen LogP contribution in [-0.2, 0) is 4.79 Å². The molecule has 3 fully saturated rings. The van der Waals surface area contributed by atoms with E-state index < -0.39 is 0 Å². The minimum Gasteiger partial charge on any atom is -0.337 e. The number of fused-ring (bicyclic) bond motifs is 1. The Morgan fingerprint density at radius 1 is 1.11 bits per heavy atom. The molecule has 4 nitrogen and oxygen atoms in total. The maximum atomic E-state index is 11.7. The number of carbonyl (C=O) groups is 1. The van der Waals surface area contributed by atoms with Crippen molar-refractivity contribution in [2.24, 2.45) is 0 Å². The number of nitrogens with zero attached hydrogens (tertiary/aromatic N) is 2. The summed E-state index contributed by atoms with van der Waals surface area (Å²) in [6.45, 7) is 6.48.